The van der Waals surface area contributed by atoms with Gasteiger partial charge in [0.15, 0.2) is 11.7 Å². The lowest BCUT2D eigenvalue weighted by atomic mass is 9.95. The second kappa shape index (κ2) is 12.5. The van der Waals surface area contributed by atoms with Crippen LogP contribution in [0.25, 0.3) is 0 Å². The van der Waals surface area contributed by atoms with Crippen molar-refractivity contribution in [2.75, 3.05) is 45.1 Å². The molecule has 0 bridgehead atoms. The number of nitrogens with zero attached hydrogens (tertiary/aromatic N) is 3. The number of anilines is 1. The molecule has 11 nitrogen and oxygen atoms in total. The molecule has 5 N–H and O–H groups in total. The van der Waals surface area contributed by atoms with Crippen LogP contribution < -0.4 is 16.8 Å². The normalized spacial score (nSPS) is 17.9. The minimum atomic E-state index is -0.994. The van der Waals surface area contributed by atoms with Gasteiger partial charge in [0.1, 0.15) is 16.4 Å². The van der Waals surface area contributed by atoms with Gasteiger partial charge in [-0.05, 0) is 49.9 Å². The van der Waals surface area contributed by atoms with Crippen LogP contribution in [-0.2, 0) is 9.53 Å². The molecule has 1 saturated carbocycles. The molecule has 0 spiro atoms. The van der Waals surface area contributed by atoms with E-state index in [2.05, 4.69) is 14.6 Å². The van der Waals surface area contributed by atoms with Gasteiger partial charge < -0.3 is 30.8 Å². The lowest BCUT2D eigenvalue weighted by Gasteiger charge is -2.33. The summed E-state index contributed by atoms with van der Waals surface area (Å²) >= 11 is 0.811. The summed E-state index contributed by atoms with van der Waals surface area (Å²) in [6.07, 6.45) is 5.72. The Morgan fingerprint density at radius 3 is 2.57 bits per heavy atom. The number of aromatic nitrogens is 1. The molecular weight excluding hydrogens is 496 g/mol. The van der Waals surface area contributed by atoms with E-state index in [9.17, 15) is 14.4 Å². The summed E-state index contributed by atoms with van der Waals surface area (Å²) in [5, 5.41) is 3.15. The van der Waals surface area contributed by atoms with E-state index in [0.29, 0.717) is 31.2 Å². The largest absolute Gasteiger partial charge is 0.464 e. The monoisotopic (exact) mass is 532 g/mol. The maximum atomic E-state index is 13.9. The second-order valence-electron chi connectivity index (χ2n) is 9.64. The van der Waals surface area contributed by atoms with E-state index in [1.54, 1.807) is 19.1 Å². The minimum Gasteiger partial charge on any atom is -0.464 e. The summed E-state index contributed by atoms with van der Waals surface area (Å²) in [4.78, 5) is 43.2. The fourth-order valence-corrected chi connectivity index (χ4v) is 5.71. The number of carbonyl (C=O) groups excluding carboxylic acids is 3. The SMILES string of the molecule is Cc1ccc([C@@H](C(=O)NC2CCCCC2)N(CCCN2CCOCC2)C(=O)c2snc(C(N)=O)c2N)o1. The van der Waals surface area contributed by atoms with Crippen LogP contribution in [0.4, 0.5) is 5.69 Å². The van der Waals surface area contributed by atoms with Crippen LogP contribution in [0.5, 0.6) is 0 Å². The first kappa shape index (κ1) is 27.1. The first-order valence-corrected chi connectivity index (χ1v) is 13.6. The predicted molar refractivity (Wildman–Crippen MR) is 139 cm³/mol. The highest BCUT2D eigenvalue weighted by Gasteiger charge is 2.37. The fourth-order valence-electron chi connectivity index (χ4n) is 4.95. The molecule has 2 aliphatic rings. The van der Waals surface area contributed by atoms with Crippen LogP contribution in [0.3, 0.4) is 0 Å². The number of morpholine rings is 1. The van der Waals surface area contributed by atoms with Gasteiger partial charge >= 0.3 is 0 Å². The highest BCUT2D eigenvalue weighted by Crippen LogP contribution is 2.30. The third-order valence-corrected chi connectivity index (χ3v) is 7.79. The summed E-state index contributed by atoms with van der Waals surface area (Å²) in [6, 6.07) is 2.57. The highest BCUT2D eigenvalue weighted by atomic mass is 32.1. The fraction of sp³-hybridized carbons (Fsp3) is 0.600. The summed E-state index contributed by atoms with van der Waals surface area (Å²) in [6.45, 7) is 5.81. The molecule has 0 unspecified atom stereocenters. The zero-order valence-electron chi connectivity index (χ0n) is 21.2. The van der Waals surface area contributed by atoms with Crippen LogP contribution in [0.2, 0.25) is 0 Å². The molecule has 0 radical (unpaired) electrons. The van der Waals surface area contributed by atoms with Crippen molar-refractivity contribution in [3.05, 3.63) is 34.2 Å². The molecule has 3 amide bonds. The molecule has 37 heavy (non-hydrogen) atoms. The van der Waals surface area contributed by atoms with E-state index in [4.69, 9.17) is 20.6 Å². The highest BCUT2D eigenvalue weighted by molar-refractivity contribution is 7.09. The van der Waals surface area contributed by atoms with E-state index >= 15 is 0 Å². The zero-order valence-corrected chi connectivity index (χ0v) is 22.1. The molecule has 2 aromatic heterocycles. The Morgan fingerprint density at radius 1 is 1.22 bits per heavy atom. The van der Waals surface area contributed by atoms with E-state index in [1.807, 2.05) is 0 Å². The number of nitrogens with two attached hydrogens (primary N) is 2. The lowest BCUT2D eigenvalue weighted by Crippen LogP contribution is -2.48. The Morgan fingerprint density at radius 2 is 1.95 bits per heavy atom. The summed E-state index contributed by atoms with van der Waals surface area (Å²) in [7, 11) is 0. The summed E-state index contributed by atoms with van der Waals surface area (Å²) in [5.74, 6) is -0.565. The third kappa shape index (κ3) is 6.68. The van der Waals surface area contributed by atoms with Gasteiger partial charge in [0.2, 0.25) is 0 Å². The van der Waals surface area contributed by atoms with Crippen LogP contribution >= 0.6 is 11.5 Å². The first-order valence-electron chi connectivity index (χ1n) is 12.9. The zero-order chi connectivity index (χ0) is 26.4. The average molecular weight is 533 g/mol. The Hall–Kier alpha value is -2.96. The number of nitrogens with one attached hydrogen (secondary N) is 1. The van der Waals surface area contributed by atoms with Crippen LogP contribution in [0.1, 0.15) is 76.2 Å². The number of carbonyl (C=O) groups is 3. The van der Waals surface area contributed by atoms with Crippen molar-refractivity contribution in [2.45, 2.75) is 57.5 Å². The maximum absolute atomic E-state index is 13.9. The summed E-state index contributed by atoms with van der Waals surface area (Å²) < 4.78 is 15.3. The smallest absolute Gasteiger partial charge is 0.270 e. The molecule has 1 saturated heterocycles. The molecule has 2 aromatic rings. The van der Waals surface area contributed by atoms with Gasteiger partial charge in [0.25, 0.3) is 17.7 Å². The lowest BCUT2D eigenvalue weighted by molar-refractivity contribution is -0.127. The van der Waals surface area contributed by atoms with E-state index in [0.717, 1.165) is 63.3 Å². The van der Waals surface area contributed by atoms with Gasteiger partial charge in [0.05, 0.1) is 18.9 Å². The Labute approximate surface area is 220 Å². The van der Waals surface area contributed by atoms with E-state index < -0.39 is 17.9 Å². The molecule has 202 valence electrons. The summed E-state index contributed by atoms with van der Waals surface area (Å²) in [5.41, 5.74) is 11.3. The Balaban J connectivity index is 1.63. The number of hydrogen-bond acceptors (Lipinski definition) is 9. The second-order valence-corrected chi connectivity index (χ2v) is 10.4. The molecule has 1 atom stereocenters. The number of furan rings is 1. The number of aryl methyl sites for hydroxylation is 1. The van der Waals surface area contributed by atoms with Gasteiger partial charge in [-0.2, -0.15) is 4.37 Å². The molecule has 2 fully saturated rings. The van der Waals surface area contributed by atoms with Crippen molar-refractivity contribution in [3.63, 3.8) is 0 Å². The quantitative estimate of drug-likeness (QED) is 0.420. The number of rotatable bonds is 10. The van der Waals surface area contributed by atoms with Gasteiger partial charge in [0, 0.05) is 32.2 Å². The molecule has 4 rings (SSSR count). The van der Waals surface area contributed by atoms with Crippen molar-refractivity contribution in [1.29, 1.82) is 0 Å². The Kier molecular flexibility index (Phi) is 9.17. The number of primary amides is 1. The number of ether oxygens (including phenoxy) is 1. The van der Waals surface area contributed by atoms with Gasteiger partial charge in [-0.25, -0.2) is 0 Å². The molecular formula is C25H36N6O5S. The molecule has 0 aromatic carbocycles. The standard InChI is InChI=1S/C25H36N6O5S/c1-16-8-9-18(36-16)21(24(33)28-17-6-3-2-4-7-17)31(11-5-10-30-12-14-35-15-13-30)25(34)22-19(26)20(23(27)32)29-37-22/h8-9,17,21H,2-7,10-15,26H2,1H3,(H2,27,32)(H,28,33)/t21-/m0/s1. The molecule has 1 aliphatic carbocycles. The van der Waals surface area contributed by atoms with Crippen LogP contribution in [0, 0.1) is 6.92 Å². The maximum Gasteiger partial charge on any atom is 0.270 e. The molecule has 1 aliphatic heterocycles. The minimum absolute atomic E-state index is 0.0556. The van der Waals surface area contributed by atoms with Crippen molar-refractivity contribution < 1.29 is 23.5 Å². The van der Waals surface area contributed by atoms with E-state index in [1.165, 1.54) is 4.90 Å². The number of amides is 3. The van der Waals surface area contributed by atoms with Crippen LogP contribution in [0.15, 0.2) is 16.5 Å². The van der Waals surface area contributed by atoms with Gasteiger partial charge in [-0.15, -0.1) is 0 Å². The van der Waals surface area contributed by atoms with E-state index in [-0.39, 0.29) is 34.8 Å². The topological polar surface area (TPSA) is 157 Å². The molecule has 12 heteroatoms. The van der Waals surface area contributed by atoms with Crippen molar-refractivity contribution >= 4 is 34.9 Å². The predicted octanol–water partition coefficient (Wildman–Crippen LogP) is 2.08. The van der Waals surface area contributed by atoms with Crippen molar-refractivity contribution in [3.8, 4) is 0 Å². The third-order valence-electron chi connectivity index (χ3n) is 6.94. The first-order chi connectivity index (χ1) is 17.8. The van der Waals surface area contributed by atoms with Crippen LogP contribution in [-0.4, -0.2) is 77.3 Å². The van der Waals surface area contributed by atoms with Crippen molar-refractivity contribution in [1.82, 2.24) is 19.5 Å². The van der Waals surface area contributed by atoms with Crippen molar-refractivity contribution in [2.24, 2.45) is 5.73 Å². The van der Waals surface area contributed by atoms with Gasteiger partial charge in [-0.3, -0.25) is 19.3 Å². The average Bonchev–Trinajstić information content (AvgIpc) is 3.49. The Bertz CT molecular complexity index is 1090. The molecule has 3 heterocycles. The van der Waals surface area contributed by atoms with Gasteiger partial charge in [-0.1, -0.05) is 19.3 Å². The number of hydrogen-bond donors (Lipinski definition) is 3. The number of nitrogen functional groups attached to an aromatic ring is 1.